The summed E-state index contributed by atoms with van der Waals surface area (Å²) in [5.41, 5.74) is 1.59. The maximum absolute atomic E-state index is 13.1. The van der Waals surface area contributed by atoms with E-state index < -0.39 is 21.6 Å². The van der Waals surface area contributed by atoms with Gasteiger partial charge in [-0.25, -0.2) is 9.53 Å². The largest absolute Gasteiger partial charge is 0.284 e. The number of aryl methyl sites for hydroxylation is 1. The number of pyridine rings is 1. The molecule has 0 aliphatic heterocycles. The zero-order valence-electron chi connectivity index (χ0n) is 13.8. The molecule has 0 saturated carbocycles. The third-order valence-corrected chi connectivity index (χ3v) is 4.24. The molecule has 0 amide bonds. The van der Waals surface area contributed by atoms with Crippen LogP contribution in [0.5, 0.6) is 0 Å². The van der Waals surface area contributed by atoms with Gasteiger partial charge in [0.15, 0.2) is 0 Å². The summed E-state index contributed by atoms with van der Waals surface area (Å²) in [6, 6.07) is 8.47. The lowest BCUT2D eigenvalue weighted by molar-refractivity contribution is 0.583. The molecule has 0 fully saturated rings. The van der Waals surface area contributed by atoms with Crippen LogP contribution < -0.4 is 15.4 Å². The van der Waals surface area contributed by atoms with Gasteiger partial charge in [0.1, 0.15) is 5.82 Å². The lowest BCUT2D eigenvalue weighted by Crippen LogP contribution is -2.31. The Labute approximate surface area is 148 Å². The molecule has 10 heteroatoms. The number of hydrogen-bond acceptors (Lipinski definition) is 4. The average Bonchev–Trinajstić information content (AvgIpc) is 2.99. The minimum absolute atomic E-state index is 0.162. The summed E-state index contributed by atoms with van der Waals surface area (Å²) in [6.07, 6.45) is 3.26. The Hall–Kier alpha value is -2.82. The van der Waals surface area contributed by atoms with Crippen LogP contribution in [0.2, 0.25) is 0 Å². The van der Waals surface area contributed by atoms with E-state index in [9.17, 15) is 17.6 Å². The summed E-state index contributed by atoms with van der Waals surface area (Å²) in [6.45, 7) is -0.162. The van der Waals surface area contributed by atoms with E-state index in [-0.39, 0.29) is 6.54 Å². The molecule has 8 nitrogen and oxygen atoms in total. The zero-order chi connectivity index (χ0) is 18.9. The zero-order valence-corrected chi connectivity index (χ0v) is 14.6. The summed E-state index contributed by atoms with van der Waals surface area (Å²) in [4.78, 5) is 12.5. The summed E-state index contributed by atoms with van der Waals surface area (Å²) in [5.74, 6) is -0.416. The second-order valence-electron chi connectivity index (χ2n) is 5.64. The smallest absolute Gasteiger partial charge is 0.274 e. The fourth-order valence-electron chi connectivity index (χ4n) is 2.49. The standard InChI is InChI=1S/C16H16FN5O3S/c1-21-7-6-15(20-21)14-10-22(13-4-2-12(17)3-5-13)16(23)8-11(14)9-19-26(18,24)25/h2-8,10,19H,9H2,1H3,(H2,18,24,25). The van der Waals surface area contributed by atoms with Crippen LogP contribution >= 0.6 is 0 Å². The van der Waals surface area contributed by atoms with Gasteiger partial charge >= 0.3 is 0 Å². The van der Waals surface area contributed by atoms with Gasteiger partial charge in [0.25, 0.3) is 15.8 Å². The fraction of sp³-hybridized carbons (Fsp3) is 0.125. The maximum atomic E-state index is 13.1. The first kappa shape index (κ1) is 18.0. The van der Waals surface area contributed by atoms with Gasteiger partial charge in [0.05, 0.1) is 5.69 Å². The third-order valence-electron chi connectivity index (χ3n) is 3.70. The van der Waals surface area contributed by atoms with E-state index in [0.29, 0.717) is 22.5 Å². The van der Waals surface area contributed by atoms with Gasteiger partial charge in [-0.3, -0.25) is 14.0 Å². The van der Waals surface area contributed by atoms with E-state index in [0.717, 1.165) is 0 Å². The minimum Gasteiger partial charge on any atom is -0.284 e. The van der Waals surface area contributed by atoms with Crippen LogP contribution in [0.15, 0.2) is 53.6 Å². The highest BCUT2D eigenvalue weighted by molar-refractivity contribution is 7.87. The van der Waals surface area contributed by atoms with Crippen molar-refractivity contribution in [2.24, 2.45) is 12.2 Å². The van der Waals surface area contributed by atoms with Crippen molar-refractivity contribution < 1.29 is 12.8 Å². The first-order valence-electron chi connectivity index (χ1n) is 7.52. The summed E-state index contributed by atoms with van der Waals surface area (Å²) in [5, 5.41) is 9.27. The average molecular weight is 377 g/mol. The number of nitrogens with two attached hydrogens (primary N) is 1. The Morgan fingerprint density at radius 1 is 1.23 bits per heavy atom. The van der Waals surface area contributed by atoms with Crippen molar-refractivity contribution in [2.75, 3.05) is 0 Å². The van der Waals surface area contributed by atoms with Crippen molar-refractivity contribution in [2.45, 2.75) is 6.54 Å². The molecule has 2 aromatic heterocycles. The molecule has 0 radical (unpaired) electrons. The van der Waals surface area contributed by atoms with Gasteiger partial charge in [-0.1, -0.05) is 0 Å². The topological polar surface area (TPSA) is 112 Å². The molecule has 2 heterocycles. The molecule has 3 N–H and O–H groups in total. The predicted octanol–water partition coefficient (Wildman–Crippen LogP) is 0.670. The number of halogens is 1. The molecule has 0 saturated heterocycles. The number of nitrogens with one attached hydrogen (secondary N) is 1. The van der Waals surface area contributed by atoms with Crippen LogP contribution in [0.25, 0.3) is 16.9 Å². The van der Waals surface area contributed by atoms with Crippen LogP contribution in [-0.4, -0.2) is 22.8 Å². The van der Waals surface area contributed by atoms with Crippen LogP contribution in [-0.2, 0) is 23.8 Å². The summed E-state index contributed by atoms with van der Waals surface area (Å²) >= 11 is 0. The quantitative estimate of drug-likeness (QED) is 0.680. The molecule has 0 aliphatic rings. The number of hydrogen-bond donors (Lipinski definition) is 2. The maximum Gasteiger partial charge on any atom is 0.274 e. The Kier molecular flexibility index (Phi) is 4.72. The molecule has 0 atom stereocenters. The minimum atomic E-state index is -3.92. The molecule has 3 aromatic rings. The Bertz CT molecular complexity index is 1100. The second kappa shape index (κ2) is 6.83. The Morgan fingerprint density at radius 3 is 2.50 bits per heavy atom. The van der Waals surface area contributed by atoms with Crippen LogP contribution in [0, 0.1) is 5.82 Å². The fourth-order valence-corrected chi connectivity index (χ4v) is 2.85. The number of benzene rings is 1. The van der Waals surface area contributed by atoms with Crippen molar-refractivity contribution in [3.63, 3.8) is 0 Å². The van der Waals surface area contributed by atoms with Gasteiger partial charge < -0.3 is 0 Å². The Balaban J connectivity index is 2.14. The number of aromatic nitrogens is 3. The van der Waals surface area contributed by atoms with Crippen LogP contribution in [0.1, 0.15) is 5.56 Å². The first-order chi connectivity index (χ1) is 12.2. The molecule has 0 spiro atoms. The highest BCUT2D eigenvalue weighted by Crippen LogP contribution is 2.22. The SMILES string of the molecule is Cn1ccc(-c2cn(-c3ccc(F)cc3)c(=O)cc2CNS(N)(=O)=O)n1. The van der Waals surface area contributed by atoms with Crippen molar-refractivity contribution >= 4 is 10.2 Å². The molecule has 0 aliphatic carbocycles. The van der Waals surface area contributed by atoms with Crippen molar-refractivity contribution in [3.05, 3.63) is 70.5 Å². The van der Waals surface area contributed by atoms with Crippen molar-refractivity contribution in [3.8, 4) is 16.9 Å². The lowest BCUT2D eigenvalue weighted by Gasteiger charge is -2.12. The Morgan fingerprint density at radius 2 is 1.92 bits per heavy atom. The third kappa shape index (κ3) is 4.04. The predicted molar refractivity (Wildman–Crippen MR) is 94.1 cm³/mol. The summed E-state index contributed by atoms with van der Waals surface area (Å²) in [7, 11) is -2.18. The molecule has 3 rings (SSSR count). The van der Waals surface area contributed by atoms with E-state index >= 15 is 0 Å². The van der Waals surface area contributed by atoms with Crippen molar-refractivity contribution in [1.29, 1.82) is 0 Å². The van der Waals surface area contributed by atoms with E-state index in [1.807, 2.05) is 0 Å². The van der Waals surface area contributed by atoms with Crippen LogP contribution in [0.4, 0.5) is 4.39 Å². The molecule has 136 valence electrons. The van der Waals surface area contributed by atoms with Crippen molar-refractivity contribution in [1.82, 2.24) is 19.1 Å². The molecule has 26 heavy (non-hydrogen) atoms. The van der Waals surface area contributed by atoms with E-state index in [1.165, 1.54) is 41.1 Å². The van der Waals surface area contributed by atoms with E-state index in [1.54, 1.807) is 24.0 Å². The van der Waals surface area contributed by atoms with Gasteiger partial charge in [-0.2, -0.15) is 18.2 Å². The second-order valence-corrected chi connectivity index (χ2v) is 7.02. The van der Waals surface area contributed by atoms with Gasteiger partial charge in [-0.15, -0.1) is 0 Å². The number of rotatable bonds is 5. The molecular formula is C16H16FN5O3S. The highest BCUT2D eigenvalue weighted by Gasteiger charge is 2.14. The molecule has 0 unspecified atom stereocenters. The monoisotopic (exact) mass is 377 g/mol. The van der Waals surface area contributed by atoms with Gasteiger partial charge in [0, 0.05) is 43.3 Å². The molecule has 1 aromatic carbocycles. The van der Waals surface area contributed by atoms with Crippen LogP contribution in [0.3, 0.4) is 0 Å². The first-order valence-corrected chi connectivity index (χ1v) is 9.06. The lowest BCUT2D eigenvalue weighted by atomic mass is 10.1. The summed E-state index contributed by atoms with van der Waals surface area (Å²) < 4.78 is 40.6. The molecular weight excluding hydrogens is 361 g/mol. The van der Waals surface area contributed by atoms with Gasteiger partial charge in [-0.05, 0) is 35.9 Å². The van der Waals surface area contributed by atoms with E-state index in [2.05, 4.69) is 9.82 Å². The number of nitrogens with zero attached hydrogens (tertiary/aromatic N) is 3. The van der Waals surface area contributed by atoms with Gasteiger partial charge in [0.2, 0.25) is 0 Å². The highest BCUT2D eigenvalue weighted by atomic mass is 32.2. The van der Waals surface area contributed by atoms with E-state index in [4.69, 9.17) is 5.14 Å². The normalized spacial score (nSPS) is 11.7. The molecule has 0 bridgehead atoms.